The van der Waals surface area contributed by atoms with Crippen molar-refractivity contribution in [3.63, 3.8) is 0 Å². The van der Waals surface area contributed by atoms with Crippen LogP contribution < -0.4 is 10.6 Å². The van der Waals surface area contributed by atoms with E-state index in [2.05, 4.69) is 30.8 Å². The van der Waals surface area contributed by atoms with Crippen molar-refractivity contribution in [1.82, 2.24) is 39.8 Å². The number of hydrogen-bond acceptors (Lipinski definition) is 8. The maximum Gasteiger partial charge on any atom is 0.183 e. The lowest BCUT2D eigenvalue weighted by atomic mass is 10.00. The first-order chi connectivity index (χ1) is 21.4. The molecule has 0 spiro atoms. The number of nitrogens with one attached hydrogen (secondary N) is 2. The van der Waals surface area contributed by atoms with Crippen LogP contribution in [-0.2, 0) is 13.1 Å². The Morgan fingerprint density at radius 2 is 1.02 bits per heavy atom. The average Bonchev–Trinajstić information content (AvgIpc) is 3.63. The maximum atomic E-state index is 9.04. The Hall–Kier alpha value is -3.32. The van der Waals surface area contributed by atoms with Crippen LogP contribution in [0.4, 0.5) is 0 Å². The van der Waals surface area contributed by atoms with Gasteiger partial charge in [-0.15, -0.1) is 10.2 Å². The van der Waals surface area contributed by atoms with Gasteiger partial charge in [0.15, 0.2) is 22.9 Å². The van der Waals surface area contributed by atoms with E-state index in [1.54, 1.807) is 9.03 Å². The van der Waals surface area contributed by atoms with Crippen LogP contribution in [0.1, 0.15) is 11.1 Å². The molecule has 6 aromatic rings. The lowest BCUT2D eigenvalue weighted by molar-refractivity contribution is 0.291. The van der Waals surface area contributed by atoms with Gasteiger partial charge in [0.1, 0.15) is 0 Å². The van der Waals surface area contributed by atoms with Crippen molar-refractivity contribution in [2.75, 3.05) is 26.3 Å². The van der Waals surface area contributed by atoms with E-state index in [1.165, 1.54) is 0 Å². The maximum absolute atomic E-state index is 9.04. The molecule has 4 aromatic heterocycles. The normalized spacial score (nSPS) is 11.7. The molecular weight excluding hydrogens is 646 g/mol. The minimum Gasteiger partial charge on any atom is -0.395 e. The second-order valence-corrected chi connectivity index (χ2v) is 11.5. The Morgan fingerprint density at radius 3 is 1.43 bits per heavy atom. The number of hydrogen-bond donors (Lipinski definition) is 4. The minimum absolute atomic E-state index is 0.0422. The molecule has 0 aliphatic rings. The molecule has 4 heterocycles. The molecule has 0 unspecified atom stereocenters. The van der Waals surface area contributed by atoms with E-state index >= 15 is 0 Å². The smallest absolute Gasteiger partial charge is 0.183 e. The van der Waals surface area contributed by atoms with Gasteiger partial charge in [-0.05, 0) is 35.4 Å². The predicted octanol–water partition coefficient (Wildman–Crippen LogP) is 5.55. The molecule has 6 rings (SSSR count). The summed E-state index contributed by atoms with van der Waals surface area (Å²) >= 11 is 27.1. The highest BCUT2D eigenvalue weighted by Gasteiger charge is 2.20. The first kappa shape index (κ1) is 30.7. The number of rotatable bonds is 11. The highest BCUT2D eigenvalue weighted by atomic mass is 35.5. The fourth-order valence-electron chi connectivity index (χ4n) is 4.87. The number of aliphatic hydroxyl groups is 2. The van der Waals surface area contributed by atoms with Crippen LogP contribution in [0.25, 0.3) is 45.2 Å². The molecule has 0 amide bonds. The quantitative estimate of drug-likeness (QED) is 0.132. The van der Waals surface area contributed by atoms with E-state index in [0.717, 1.165) is 11.1 Å². The molecule has 0 atom stereocenters. The van der Waals surface area contributed by atoms with Gasteiger partial charge in [-0.25, -0.2) is 19.0 Å². The van der Waals surface area contributed by atoms with Gasteiger partial charge >= 0.3 is 0 Å². The fraction of sp³-hybridized carbons (Fsp3) is 0.200. The number of fused-ring (bicyclic) bond motifs is 2. The summed E-state index contributed by atoms with van der Waals surface area (Å²) in [5.41, 5.74) is 5.40. The van der Waals surface area contributed by atoms with E-state index in [0.29, 0.717) is 91.5 Å². The van der Waals surface area contributed by atoms with Gasteiger partial charge in [0.05, 0.1) is 33.3 Å². The van der Waals surface area contributed by atoms with Crippen LogP contribution in [0, 0.1) is 0 Å². The van der Waals surface area contributed by atoms with Crippen LogP contribution in [0.15, 0.2) is 60.9 Å². The number of halogens is 4. The van der Waals surface area contributed by atoms with Gasteiger partial charge in [-0.2, -0.15) is 0 Å². The van der Waals surface area contributed by atoms with Crippen LogP contribution in [-0.4, -0.2) is 65.7 Å². The van der Waals surface area contributed by atoms with Crippen LogP contribution in [0.5, 0.6) is 0 Å². The van der Waals surface area contributed by atoms with Gasteiger partial charge in [0, 0.05) is 60.8 Å². The van der Waals surface area contributed by atoms with E-state index in [-0.39, 0.29) is 13.2 Å². The van der Waals surface area contributed by atoms with Crippen molar-refractivity contribution in [2.24, 2.45) is 0 Å². The van der Waals surface area contributed by atoms with Crippen LogP contribution in [0.2, 0.25) is 20.1 Å². The van der Waals surface area contributed by atoms with E-state index < -0.39 is 0 Å². The Kier molecular flexibility index (Phi) is 9.31. The molecule has 44 heavy (non-hydrogen) atoms. The third-order valence-electron chi connectivity index (χ3n) is 6.90. The highest BCUT2D eigenvalue weighted by molar-refractivity contribution is 6.39. The average molecular weight is 672 g/mol. The summed E-state index contributed by atoms with van der Waals surface area (Å²) in [5.74, 6) is 0.819. The number of aliphatic hydroxyl groups excluding tert-OH is 2. The predicted molar refractivity (Wildman–Crippen MR) is 173 cm³/mol. The molecule has 14 heteroatoms. The lowest BCUT2D eigenvalue weighted by Crippen LogP contribution is -2.17. The van der Waals surface area contributed by atoms with Gasteiger partial charge in [0.25, 0.3) is 0 Å². The zero-order valence-corrected chi connectivity index (χ0v) is 26.1. The van der Waals surface area contributed by atoms with E-state index in [1.807, 2.05) is 60.9 Å². The van der Waals surface area contributed by atoms with Crippen molar-refractivity contribution in [1.29, 1.82) is 0 Å². The third-order valence-corrected chi connectivity index (χ3v) is 8.27. The number of pyridine rings is 2. The molecule has 226 valence electrons. The van der Waals surface area contributed by atoms with Gasteiger partial charge in [-0.3, -0.25) is 0 Å². The van der Waals surface area contributed by atoms with Gasteiger partial charge in [-0.1, -0.05) is 70.7 Å². The second-order valence-electron chi connectivity index (χ2n) is 9.93. The van der Waals surface area contributed by atoms with Crippen molar-refractivity contribution < 1.29 is 10.2 Å². The molecule has 0 aliphatic carbocycles. The van der Waals surface area contributed by atoms with Gasteiger partial charge < -0.3 is 20.8 Å². The Labute approximate surface area is 272 Å². The molecule has 0 radical (unpaired) electrons. The summed E-state index contributed by atoms with van der Waals surface area (Å²) in [6, 6.07) is 14.8. The van der Waals surface area contributed by atoms with E-state index in [4.69, 9.17) is 56.6 Å². The Bertz CT molecular complexity index is 1840. The number of benzene rings is 2. The van der Waals surface area contributed by atoms with E-state index in [9.17, 15) is 0 Å². The van der Waals surface area contributed by atoms with Crippen molar-refractivity contribution in [3.8, 4) is 33.9 Å². The molecule has 0 saturated carbocycles. The Morgan fingerprint density at radius 1 is 0.614 bits per heavy atom. The zero-order valence-electron chi connectivity index (χ0n) is 23.1. The summed E-state index contributed by atoms with van der Waals surface area (Å²) in [5, 5.41) is 35.4. The molecule has 0 fully saturated rings. The molecule has 4 N–H and O–H groups in total. The summed E-state index contributed by atoms with van der Waals surface area (Å²) in [6.07, 6.45) is 3.67. The fourth-order valence-corrected chi connectivity index (χ4v) is 6.03. The number of aromatic nitrogens is 6. The second kappa shape index (κ2) is 13.4. The SMILES string of the molecule is OCCNCc1cc(Cl)c2nc(-c3cccc(-c4cccc(-c5nc6c(Cl)cc(CNCCO)cn6n5)c4Cl)c3Cl)nn2c1. The molecular formula is C30H26Cl4N8O2. The summed E-state index contributed by atoms with van der Waals surface area (Å²) in [6.45, 7) is 2.06. The van der Waals surface area contributed by atoms with Crippen molar-refractivity contribution >= 4 is 57.7 Å². The van der Waals surface area contributed by atoms with Crippen molar-refractivity contribution in [2.45, 2.75) is 13.1 Å². The monoisotopic (exact) mass is 670 g/mol. The zero-order chi connectivity index (χ0) is 30.8. The molecule has 0 saturated heterocycles. The summed E-state index contributed by atoms with van der Waals surface area (Å²) in [4.78, 5) is 9.31. The van der Waals surface area contributed by atoms with Crippen LogP contribution >= 0.6 is 46.4 Å². The molecule has 10 nitrogen and oxygen atoms in total. The molecule has 2 aromatic carbocycles. The molecule has 0 aliphatic heterocycles. The first-order valence-corrected chi connectivity index (χ1v) is 15.2. The number of nitrogens with zero attached hydrogens (tertiary/aromatic N) is 6. The van der Waals surface area contributed by atoms with Crippen LogP contribution in [0.3, 0.4) is 0 Å². The standard InChI is InChI=1S/C30H26Cl4N8O2/c31-23-11-17(13-35-7-9-43)15-41-29(23)37-27(39-41)21-5-1-3-19(25(21)33)20-4-2-6-22(26(20)34)28-38-30-24(32)12-18(14-36-8-10-44)16-42(30)40-28/h1-6,11-12,15-16,35-36,43-44H,7-10,13-14H2. The molecule has 0 bridgehead atoms. The largest absolute Gasteiger partial charge is 0.395 e. The Balaban J connectivity index is 1.35. The third kappa shape index (κ3) is 6.13. The summed E-state index contributed by atoms with van der Waals surface area (Å²) in [7, 11) is 0. The topological polar surface area (TPSA) is 125 Å². The summed E-state index contributed by atoms with van der Waals surface area (Å²) < 4.78 is 3.25. The first-order valence-electron chi connectivity index (χ1n) is 13.7. The van der Waals surface area contributed by atoms with Crippen molar-refractivity contribution in [3.05, 3.63) is 92.1 Å². The lowest BCUT2D eigenvalue weighted by Gasteiger charge is -2.11. The van der Waals surface area contributed by atoms with Gasteiger partial charge in [0.2, 0.25) is 0 Å². The minimum atomic E-state index is 0.0422. The highest BCUT2D eigenvalue weighted by Crippen LogP contribution is 2.41.